The van der Waals surface area contributed by atoms with Crippen LogP contribution in [0.3, 0.4) is 0 Å². The molecule has 4 rings (SSSR count). The van der Waals surface area contributed by atoms with Crippen LogP contribution in [0.15, 0.2) is 48.5 Å². The van der Waals surface area contributed by atoms with Crippen molar-refractivity contribution in [3.05, 3.63) is 54.3 Å². The van der Waals surface area contributed by atoms with Crippen LogP contribution in [0.5, 0.6) is 0 Å². The molecule has 10 heteroatoms. The Morgan fingerprint density at radius 3 is 2.50 bits per heavy atom. The summed E-state index contributed by atoms with van der Waals surface area (Å²) in [7, 11) is -2.19. The zero-order chi connectivity index (χ0) is 21.5. The van der Waals surface area contributed by atoms with Crippen molar-refractivity contribution in [1.82, 2.24) is 5.32 Å². The Kier molecular flexibility index (Phi) is 5.10. The van der Waals surface area contributed by atoms with Crippen LogP contribution in [0.25, 0.3) is 0 Å². The predicted octanol–water partition coefficient (Wildman–Crippen LogP) is 1.50. The molecule has 0 aromatic heterocycles. The minimum absolute atomic E-state index is 0.0524. The van der Waals surface area contributed by atoms with E-state index in [-0.39, 0.29) is 37.9 Å². The summed E-state index contributed by atoms with van der Waals surface area (Å²) in [6, 6.07) is 12.5. The zero-order valence-electron chi connectivity index (χ0n) is 16.3. The first-order valence-electron chi connectivity index (χ1n) is 9.48. The van der Waals surface area contributed by atoms with Gasteiger partial charge in [0, 0.05) is 32.2 Å². The lowest BCUT2D eigenvalue weighted by Crippen LogP contribution is -2.42. The number of fused-ring (bicyclic) bond motifs is 1. The number of nitrogens with zero attached hydrogens (tertiary/aromatic N) is 3. The van der Waals surface area contributed by atoms with Crippen LogP contribution in [-0.2, 0) is 19.8 Å². The predicted molar refractivity (Wildman–Crippen MR) is 111 cm³/mol. The third-order valence-electron chi connectivity index (χ3n) is 5.36. The van der Waals surface area contributed by atoms with E-state index in [1.165, 1.54) is 44.8 Å². The maximum atomic E-state index is 13.1. The molecule has 2 heterocycles. The van der Waals surface area contributed by atoms with Crippen LogP contribution in [-0.4, -0.2) is 46.9 Å². The van der Waals surface area contributed by atoms with E-state index in [1.807, 2.05) is 0 Å². The molecule has 0 radical (unpaired) electrons. The normalized spacial score (nSPS) is 19.9. The molecule has 0 saturated carbocycles. The summed E-state index contributed by atoms with van der Waals surface area (Å²) in [6.45, 7) is 0.392. The van der Waals surface area contributed by atoms with E-state index in [0.29, 0.717) is 17.1 Å². The monoisotopic (exact) mass is 432 g/mol. The molecule has 158 valence electrons. The number of halogens is 1. The average Bonchev–Trinajstić information content (AvgIpc) is 3.20. The Morgan fingerprint density at radius 2 is 1.80 bits per heavy atom. The highest BCUT2D eigenvalue weighted by Crippen LogP contribution is 2.39. The molecule has 1 N–H and O–H groups in total. The molecular weight excluding hydrogens is 411 g/mol. The highest BCUT2D eigenvalue weighted by molar-refractivity contribution is 7.94. The van der Waals surface area contributed by atoms with Gasteiger partial charge in [-0.25, -0.2) is 8.70 Å². The van der Waals surface area contributed by atoms with Gasteiger partial charge in [0.05, 0.1) is 23.8 Å². The number of nitrogens with one attached hydrogen (secondary N) is 1. The van der Waals surface area contributed by atoms with Crippen molar-refractivity contribution in [1.29, 1.82) is 0 Å². The highest BCUT2D eigenvalue weighted by atomic mass is 32.2. The first-order valence-corrected chi connectivity index (χ1v) is 10.9. The second-order valence-electron chi connectivity index (χ2n) is 7.21. The second-order valence-corrected chi connectivity index (χ2v) is 9.09. The minimum atomic E-state index is -3.68. The molecule has 0 unspecified atom stereocenters. The summed E-state index contributed by atoms with van der Waals surface area (Å²) in [6.07, 6.45) is 0.0524. The third-order valence-corrected chi connectivity index (χ3v) is 7.19. The molecule has 30 heavy (non-hydrogen) atoms. The van der Waals surface area contributed by atoms with Crippen LogP contribution < -0.4 is 18.8 Å². The smallest absolute Gasteiger partial charge is 0.326 e. The molecule has 2 aromatic rings. The molecule has 0 spiro atoms. The third kappa shape index (κ3) is 3.47. The zero-order valence-corrected chi connectivity index (χ0v) is 17.1. The number of carbonyl (C=O) groups excluding carboxylic acids is 2. The molecule has 1 saturated heterocycles. The van der Waals surface area contributed by atoms with Crippen molar-refractivity contribution in [2.24, 2.45) is 5.92 Å². The summed E-state index contributed by atoms with van der Waals surface area (Å²) < 4.78 is 40.8. The number of hydrogen-bond donors (Lipinski definition) is 1. The van der Waals surface area contributed by atoms with E-state index in [4.69, 9.17) is 0 Å². The quantitative estimate of drug-likeness (QED) is 0.775. The number of rotatable bonds is 5. The molecule has 0 aliphatic carbocycles. The van der Waals surface area contributed by atoms with Gasteiger partial charge in [-0.05, 0) is 36.4 Å². The Balaban J connectivity index is 1.37. The lowest BCUT2D eigenvalue weighted by atomic mass is 10.1. The topological polar surface area (TPSA) is 90.0 Å². The van der Waals surface area contributed by atoms with Crippen molar-refractivity contribution in [3.63, 3.8) is 0 Å². The fraction of sp³-hybridized carbons (Fsp3) is 0.300. The molecule has 2 aliphatic heterocycles. The maximum Gasteiger partial charge on any atom is 0.326 e. The molecule has 8 nitrogen and oxygen atoms in total. The number of anilines is 3. The van der Waals surface area contributed by atoms with E-state index in [0.717, 1.165) is 0 Å². The van der Waals surface area contributed by atoms with E-state index >= 15 is 0 Å². The number of para-hydroxylation sites is 2. The molecule has 2 aromatic carbocycles. The van der Waals surface area contributed by atoms with Crippen LogP contribution >= 0.6 is 0 Å². The molecule has 1 fully saturated rings. The van der Waals surface area contributed by atoms with E-state index in [2.05, 4.69) is 5.32 Å². The van der Waals surface area contributed by atoms with Gasteiger partial charge in [0.2, 0.25) is 11.8 Å². The number of hydrogen-bond acceptors (Lipinski definition) is 4. The second kappa shape index (κ2) is 7.60. The lowest BCUT2D eigenvalue weighted by molar-refractivity contribution is -0.126. The van der Waals surface area contributed by atoms with Gasteiger partial charge < -0.3 is 10.2 Å². The standard InChI is InChI=1S/C20H21FN4O4S/c1-23-17-4-2-3-5-18(17)25(30(23,28)29)11-10-22-20(27)14-12-19(26)24(13-14)16-8-6-15(21)7-9-16/h2-9,14H,10-13H2,1H3,(H,22,27)/t14-/m0/s1. The van der Waals surface area contributed by atoms with Gasteiger partial charge in [-0.1, -0.05) is 12.1 Å². The van der Waals surface area contributed by atoms with Crippen molar-refractivity contribution in [2.75, 3.05) is 40.2 Å². The SMILES string of the molecule is CN1c2ccccc2N(CCNC(=O)[C@H]2CC(=O)N(c3ccc(F)cc3)C2)S1(=O)=O. The summed E-state index contributed by atoms with van der Waals surface area (Å²) in [4.78, 5) is 26.3. The summed E-state index contributed by atoms with van der Waals surface area (Å²) in [5.74, 6) is -1.47. The van der Waals surface area contributed by atoms with Crippen LogP contribution in [0.4, 0.5) is 21.5 Å². The maximum absolute atomic E-state index is 13.1. The largest absolute Gasteiger partial charge is 0.354 e. The van der Waals surface area contributed by atoms with Gasteiger partial charge in [-0.2, -0.15) is 8.42 Å². The fourth-order valence-electron chi connectivity index (χ4n) is 3.75. The molecular formula is C20H21FN4O4S. The number of carbonyl (C=O) groups is 2. The number of benzene rings is 2. The van der Waals surface area contributed by atoms with Crippen LogP contribution in [0, 0.1) is 11.7 Å². The lowest BCUT2D eigenvalue weighted by Gasteiger charge is -2.20. The van der Waals surface area contributed by atoms with E-state index in [9.17, 15) is 22.4 Å². The Hall–Kier alpha value is -3.14. The van der Waals surface area contributed by atoms with Crippen molar-refractivity contribution >= 4 is 39.1 Å². The van der Waals surface area contributed by atoms with Crippen molar-refractivity contribution < 1.29 is 22.4 Å². The minimum Gasteiger partial charge on any atom is -0.354 e. The highest BCUT2D eigenvalue weighted by Gasteiger charge is 2.38. The van der Waals surface area contributed by atoms with Gasteiger partial charge in [-0.15, -0.1) is 0 Å². The van der Waals surface area contributed by atoms with Gasteiger partial charge in [-0.3, -0.25) is 13.9 Å². The van der Waals surface area contributed by atoms with Crippen molar-refractivity contribution in [3.8, 4) is 0 Å². The van der Waals surface area contributed by atoms with Gasteiger partial charge in [0.15, 0.2) is 0 Å². The van der Waals surface area contributed by atoms with Gasteiger partial charge in [0.1, 0.15) is 5.82 Å². The average molecular weight is 432 g/mol. The summed E-state index contributed by atoms with van der Waals surface area (Å²) in [5, 5.41) is 2.73. The van der Waals surface area contributed by atoms with Crippen LogP contribution in [0.1, 0.15) is 6.42 Å². The molecule has 2 amide bonds. The molecule has 2 aliphatic rings. The van der Waals surface area contributed by atoms with Gasteiger partial charge >= 0.3 is 10.2 Å². The Bertz CT molecular complexity index is 1090. The van der Waals surface area contributed by atoms with E-state index < -0.39 is 21.9 Å². The number of amides is 2. The van der Waals surface area contributed by atoms with E-state index in [1.54, 1.807) is 24.3 Å². The fourth-order valence-corrected chi connectivity index (χ4v) is 5.18. The summed E-state index contributed by atoms with van der Waals surface area (Å²) in [5.41, 5.74) is 1.69. The first-order chi connectivity index (χ1) is 14.3. The summed E-state index contributed by atoms with van der Waals surface area (Å²) >= 11 is 0. The van der Waals surface area contributed by atoms with Gasteiger partial charge in [0.25, 0.3) is 0 Å². The first kappa shape index (κ1) is 20.1. The molecule has 0 bridgehead atoms. The Morgan fingerprint density at radius 1 is 1.13 bits per heavy atom. The van der Waals surface area contributed by atoms with Crippen molar-refractivity contribution in [2.45, 2.75) is 6.42 Å². The Labute approximate surface area is 174 Å². The van der Waals surface area contributed by atoms with Crippen LogP contribution in [0.2, 0.25) is 0 Å². The molecule has 1 atom stereocenters.